The quantitative estimate of drug-likeness (QED) is 0.928. The van der Waals surface area contributed by atoms with Crippen LogP contribution in [0.5, 0.6) is 0 Å². The molecule has 0 aliphatic carbocycles. The number of rotatable bonds is 3. The third kappa shape index (κ3) is 2.35. The third-order valence-electron chi connectivity index (χ3n) is 3.28. The van der Waals surface area contributed by atoms with Crippen molar-refractivity contribution in [2.75, 3.05) is 12.0 Å². The summed E-state index contributed by atoms with van der Waals surface area (Å²) in [7, 11) is -3.27. The van der Waals surface area contributed by atoms with Gasteiger partial charge in [0, 0.05) is 12.3 Å². The normalized spacial score (nSPS) is 12.6. The highest BCUT2D eigenvalue weighted by atomic mass is 32.2. The van der Waals surface area contributed by atoms with Gasteiger partial charge >= 0.3 is 0 Å². The molecule has 6 heteroatoms. The van der Waals surface area contributed by atoms with Crippen LogP contribution in [-0.4, -0.2) is 24.5 Å². The number of sulfone groups is 1. The molecule has 102 valence electrons. The second-order valence-electron chi connectivity index (χ2n) is 4.98. The molecule has 0 atom stereocenters. The van der Waals surface area contributed by atoms with Crippen LogP contribution in [0.25, 0.3) is 5.69 Å². The Labute approximate surface area is 113 Å². The Balaban J connectivity index is 2.55. The second kappa shape index (κ2) is 4.38. The minimum Gasteiger partial charge on any atom is -0.384 e. The van der Waals surface area contributed by atoms with Crippen LogP contribution < -0.4 is 5.73 Å². The Bertz CT molecular complexity index is 688. The van der Waals surface area contributed by atoms with Crippen molar-refractivity contribution in [2.24, 2.45) is 0 Å². The summed E-state index contributed by atoms with van der Waals surface area (Å²) in [5.41, 5.74) is 7.16. The van der Waals surface area contributed by atoms with Gasteiger partial charge in [0.2, 0.25) is 0 Å². The average molecular weight is 279 g/mol. The van der Waals surface area contributed by atoms with Crippen LogP contribution >= 0.6 is 0 Å². The Morgan fingerprint density at radius 2 is 1.79 bits per heavy atom. The molecule has 0 fully saturated rings. The Hall–Kier alpha value is -1.82. The Morgan fingerprint density at radius 3 is 2.32 bits per heavy atom. The van der Waals surface area contributed by atoms with Crippen molar-refractivity contribution in [2.45, 2.75) is 18.6 Å². The fourth-order valence-electron chi connectivity index (χ4n) is 1.66. The van der Waals surface area contributed by atoms with Crippen molar-refractivity contribution in [1.82, 2.24) is 9.78 Å². The number of hydrogen-bond donors (Lipinski definition) is 1. The predicted molar refractivity (Wildman–Crippen MR) is 75.8 cm³/mol. The predicted octanol–water partition coefficient (Wildman–Crippen LogP) is 1.73. The Morgan fingerprint density at radius 1 is 1.21 bits per heavy atom. The largest absolute Gasteiger partial charge is 0.384 e. The minimum atomic E-state index is -3.27. The van der Waals surface area contributed by atoms with Crippen LogP contribution in [0.1, 0.15) is 19.5 Å². The summed E-state index contributed by atoms with van der Waals surface area (Å²) < 4.78 is 24.1. The number of para-hydroxylation sites is 1. The molecule has 0 saturated carbocycles. The number of hydrogen-bond acceptors (Lipinski definition) is 4. The number of benzene rings is 1. The van der Waals surface area contributed by atoms with E-state index in [1.165, 1.54) is 6.26 Å². The lowest BCUT2D eigenvalue weighted by Crippen LogP contribution is -2.28. The highest BCUT2D eigenvalue weighted by Gasteiger charge is 2.35. The summed E-state index contributed by atoms with van der Waals surface area (Å²) in [6, 6.07) is 11.0. The van der Waals surface area contributed by atoms with Gasteiger partial charge in [-0.1, -0.05) is 18.2 Å². The van der Waals surface area contributed by atoms with E-state index < -0.39 is 14.6 Å². The maximum Gasteiger partial charge on any atom is 0.158 e. The fraction of sp³-hybridized carbons (Fsp3) is 0.308. The number of nitrogens with zero attached hydrogens (tertiary/aromatic N) is 2. The summed E-state index contributed by atoms with van der Waals surface area (Å²) in [6.45, 7) is 3.25. The van der Waals surface area contributed by atoms with Gasteiger partial charge in [-0.3, -0.25) is 0 Å². The van der Waals surface area contributed by atoms with E-state index in [4.69, 9.17) is 5.73 Å². The molecule has 0 aliphatic heterocycles. The zero-order valence-corrected chi connectivity index (χ0v) is 12.0. The van der Waals surface area contributed by atoms with E-state index in [0.717, 1.165) is 5.69 Å². The van der Waals surface area contributed by atoms with Crippen LogP contribution in [0, 0.1) is 0 Å². The zero-order chi connectivity index (χ0) is 14.3. The van der Waals surface area contributed by atoms with Gasteiger partial charge in [0.05, 0.1) is 11.4 Å². The molecular weight excluding hydrogens is 262 g/mol. The van der Waals surface area contributed by atoms with Crippen LogP contribution in [0.3, 0.4) is 0 Å². The standard InChI is InChI=1S/C13H17N3O2S/c1-13(2,19(3,17)18)11-9-12(14)16(15-11)10-7-5-4-6-8-10/h4-9H,14H2,1-3H3. The summed E-state index contributed by atoms with van der Waals surface area (Å²) in [5, 5.41) is 4.33. The topological polar surface area (TPSA) is 78.0 Å². The molecule has 0 unspecified atom stereocenters. The van der Waals surface area contributed by atoms with E-state index in [1.54, 1.807) is 24.6 Å². The molecule has 2 N–H and O–H groups in total. The van der Waals surface area contributed by atoms with Crippen molar-refractivity contribution < 1.29 is 8.42 Å². The first kappa shape index (κ1) is 13.6. The summed E-state index contributed by atoms with van der Waals surface area (Å²) >= 11 is 0. The summed E-state index contributed by atoms with van der Waals surface area (Å²) in [4.78, 5) is 0. The number of anilines is 1. The fourth-order valence-corrected chi connectivity index (χ4v) is 2.14. The molecule has 0 bridgehead atoms. The molecule has 0 radical (unpaired) electrons. The Kier molecular flexibility index (Phi) is 3.14. The van der Waals surface area contributed by atoms with E-state index in [1.807, 2.05) is 30.3 Å². The highest BCUT2D eigenvalue weighted by Crippen LogP contribution is 2.29. The lowest BCUT2D eigenvalue weighted by atomic mass is 10.1. The van der Waals surface area contributed by atoms with Gasteiger partial charge in [0.25, 0.3) is 0 Å². The van der Waals surface area contributed by atoms with Gasteiger partial charge in [-0.2, -0.15) is 5.10 Å². The number of nitrogens with two attached hydrogens (primary N) is 1. The molecule has 1 heterocycles. The zero-order valence-electron chi connectivity index (χ0n) is 11.2. The van der Waals surface area contributed by atoms with Crippen molar-refractivity contribution >= 4 is 15.7 Å². The first-order valence-corrected chi connectivity index (χ1v) is 7.73. The van der Waals surface area contributed by atoms with E-state index in [0.29, 0.717) is 11.5 Å². The molecular formula is C13H17N3O2S. The maximum absolute atomic E-state index is 11.8. The van der Waals surface area contributed by atoms with Crippen molar-refractivity contribution in [3.63, 3.8) is 0 Å². The SMILES string of the molecule is CC(C)(c1cc(N)n(-c2ccccc2)n1)S(C)(=O)=O. The molecule has 2 rings (SSSR count). The second-order valence-corrected chi connectivity index (χ2v) is 7.55. The highest BCUT2D eigenvalue weighted by molar-refractivity contribution is 7.91. The molecule has 19 heavy (non-hydrogen) atoms. The monoisotopic (exact) mass is 279 g/mol. The maximum atomic E-state index is 11.8. The van der Waals surface area contributed by atoms with E-state index >= 15 is 0 Å². The van der Waals surface area contributed by atoms with Gasteiger partial charge in [0.1, 0.15) is 10.6 Å². The van der Waals surface area contributed by atoms with Gasteiger partial charge in [-0.25, -0.2) is 13.1 Å². The van der Waals surface area contributed by atoms with Crippen molar-refractivity contribution in [3.05, 3.63) is 42.1 Å². The van der Waals surface area contributed by atoms with E-state index in [2.05, 4.69) is 5.10 Å². The molecule has 0 spiro atoms. The molecule has 2 aromatic rings. The average Bonchev–Trinajstić information content (AvgIpc) is 2.71. The van der Waals surface area contributed by atoms with Crippen molar-refractivity contribution in [3.8, 4) is 5.69 Å². The smallest absolute Gasteiger partial charge is 0.158 e. The molecule has 0 amide bonds. The van der Waals surface area contributed by atoms with Crippen molar-refractivity contribution in [1.29, 1.82) is 0 Å². The molecule has 5 nitrogen and oxygen atoms in total. The lowest BCUT2D eigenvalue weighted by Gasteiger charge is -2.19. The summed E-state index contributed by atoms with van der Waals surface area (Å²) in [5.74, 6) is 0.415. The minimum absolute atomic E-state index is 0.415. The van der Waals surface area contributed by atoms with Crippen LogP contribution in [-0.2, 0) is 14.6 Å². The summed E-state index contributed by atoms with van der Waals surface area (Å²) in [6.07, 6.45) is 1.20. The van der Waals surface area contributed by atoms with Gasteiger partial charge < -0.3 is 5.73 Å². The first-order chi connectivity index (χ1) is 8.73. The van der Waals surface area contributed by atoms with Crippen LogP contribution in [0.4, 0.5) is 5.82 Å². The van der Waals surface area contributed by atoms with Crippen LogP contribution in [0.2, 0.25) is 0 Å². The first-order valence-electron chi connectivity index (χ1n) is 5.84. The van der Waals surface area contributed by atoms with E-state index in [-0.39, 0.29) is 0 Å². The van der Waals surface area contributed by atoms with E-state index in [9.17, 15) is 8.42 Å². The number of nitrogen functional groups attached to an aromatic ring is 1. The van der Waals surface area contributed by atoms with Gasteiger partial charge in [-0.15, -0.1) is 0 Å². The van der Waals surface area contributed by atoms with Gasteiger partial charge in [0.15, 0.2) is 9.84 Å². The molecule has 0 aliphatic rings. The number of aromatic nitrogens is 2. The molecule has 1 aromatic heterocycles. The van der Waals surface area contributed by atoms with Crippen LogP contribution in [0.15, 0.2) is 36.4 Å². The van der Waals surface area contributed by atoms with Gasteiger partial charge in [-0.05, 0) is 26.0 Å². The molecule has 1 aromatic carbocycles. The third-order valence-corrected chi connectivity index (χ3v) is 5.34. The lowest BCUT2D eigenvalue weighted by molar-refractivity contribution is 0.554. The molecule has 0 saturated heterocycles.